The molecule has 0 aliphatic rings. The van der Waals surface area contributed by atoms with Crippen LogP contribution >= 0.6 is 23.1 Å². The Morgan fingerprint density at radius 2 is 1.93 bits per heavy atom. The lowest BCUT2D eigenvalue weighted by atomic mass is 10.2. The van der Waals surface area contributed by atoms with Crippen molar-refractivity contribution < 1.29 is 24.1 Å². The summed E-state index contributed by atoms with van der Waals surface area (Å²) >= 11 is 3.12. The summed E-state index contributed by atoms with van der Waals surface area (Å²) in [5, 5.41) is 14.9. The van der Waals surface area contributed by atoms with Crippen molar-refractivity contribution in [2.24, 2.45) is 0 Å². The van der Waals surface area contributed by atoms with Gasteiger partial charge < -0.3 is 24.6 Å². The Morgan fingerprint density at radius 1 is 1.25 bits per heavy atom. The number of aliphatic hydroxyl groups excluding tert-OH is 1. The van der Waals surface area contributed by atoms with Gasteiger partial charge in [0, 0.05) is 10.9 Å². The Bertz CT molecular complexity index is 756. The van der Waals surface area contributed by atoms with E-state index in [1.165, 1.54) is 11.3 Å². The van der Waals surface area contributed by atoms with Crippen molar-refractivity contribution in [3.63, 3.8) is 0 Å². The zero-order valence-corrected chi connectivity index (χ0v) is 18.1. The van der Waals surface area contributed by atoms with Crippen LogP contribution in [0.5, 0.6) is 17.2 Å². The molecule has 1 atom stereocenters. The molecule has 9 heteroatoms. The van der Waals surface area contributed by atoms with Crippen LogP contribution in [0.1, 0.15) is 12.1 Å². The largest absolute Gasteiger partial charge is 0.493 e. The maximum Gasteiger partial charge on any atom is 0.226 e. The van der Waals surface area contributed by atoms with Crippen LogP contribution in [-0.4, -0.2) is 62.0 Å². The predicted octanol–water partition coefficient (Wildman–Crippen LogP) is 2.61. The normalized spacial score (nSPS) is 11.8. The number of aromatic nitrogens is 1. The summed E-state index contributed by atoms with van der Waals surface area (Å²) in [6.07, 6.45) is 2.89. The van der Waals surface area contributed by atoms with E-state index in [0.29, 0.717) is 22.9 Å². The first-order valence-corrected chi connectivity index (χ1v) is 11.0. The molecular formula is C19H26N2O5S2. The van der Waals surface area contributed by atoms with Gasteiger partial charge in [-0.15, -0.1) is 11.3 Å². The molecule has 1 amide bonds. The number of nitrogens with zero attached hydrogens (tertiary/aromatic N) is 1. The van der Waals surface area contributed by atoms with Crippen molar-refractivity contribution in [1.29, 1.82) is 0 Å². The van der Waals surface area contributed by atoms with Gasteiger partial charge in [-0.25, -0.2) is 4.98 Å². The number of nitrogens with one attached hydrogen (secondary N) is 1. The summed E-state index contributed by atoms with van der Waals surface area (Å²) in [4.78, 5) is 16.8. The molecule has 154 valence electrons. The van der Waals surface area contributed by atoms with Crippen molar-refractivity contribution in [2.75, 3.05) is 39.9 Å². The molecule has 0 saturated carbocycles. The highest BCUT2D eigenvalue weighted by molar-refractivity contribution is 7.98. The quantitative estimate of drug-likeness (QED) is 0.571. The lowest BCUT2D eigenvalue weighted by Gasteiger charge is -2.15. The van der Waals surface area contributed by atoms with Crippen LogP contribution in [0.25, 0.3) is 10.6 Å². The molecule has 28 heavy (non-hydrogen) atoms. The number of hydrogen-bond acceptors (Lipinski definition) is 8. The van der Waals surface area contributed by atoms with E-state index >= 15 is 0 Å². The second-order valence-electron chi connectivity index (χ2n) is 5.96. The fraction of sp³-hybridized carbons (Fsp3) is 0.474. The van der Waals surface area contributed by atoms with E-state index in [1.807, 2.05) is 23.8 Å². The maximum absolute atomic E-state index is 12.3. The third-order valence-electron chi connectivity index (χ3n) is 4.06. The molecule has 0 fully saturated rings. The van der Waals surface area contributed by atoms with Gasteiger partial charge in [-0.2, -0.15) is 11.8 Å². The van der Waals surface area contributed by atoms with E-state index in [2.05, 4.69) is 10.3 Å². The molecule has 0 spiro atoms. The number of carbonyl (C=O) groups excluding carboxylic acids is 1. The first kappa shape index (κ1) is 22.3. The second-order valence-corrected chi connectivity index (χ2v) is 7.81. The minimum atomic E-state index is -0.229. The van der Waals surface area contributed by atoms with E-state index < -0.39 is 0 Å². The highest BCUT2D eigenvalue weighted by Crippen LogP contribution is 2.41. The lowest BCUT2D eigenvalue weighted by molar-refractivity contribution is -0.121. The molecule has 0 radical (unpaired) electrons. The van der Waals surface area contributed by atoms with Crippen LogP contribution in [0.3, 0.4) is 0 Å². The van der Waals surface area contributed by atoms with Crippen molar-refractivity contribution >= 4 is 29.0 Å². The molecule has 2 rings (SSSR count). The molecule has 2 N–H and O–H groups in total. The SMILES string of the molecule is COc1cc(-c2nc(CC(=O)N[C@H](CO)CCSC)cs2)cc(OC)c1OC. The standard InChI is InChI=1S/C19H26N2O5S2/c1-24-15-7-12(8-16(25-2)18(15)26-3)19-21-14(11-28-19)9-17(23)20-13(10-22)5-6-27-4/h7-8,11,13,22H,5-6,9-10H2,1-4H3,(H,20,23)/t13-/m0/s1. The lowest BCUT2D eigenvalue weighted by Crippen LogP contribution is -2.38. The van der Waals surface area contributed by atoms with E-state index in [4.69, 9.17) is 14.2 Å². The fourth-order valence-electron chi connectivity index (χ4n) is 2.64. The van der Waals surface area contributed by atoms with E-state index in [1.54, 1.807) is 33.1 Å². The van der Waals surface area contributed by atoms with Crippen molar-refractivity contribution in [2.45, 2.75) is 18.9 Å². The first-order chi connectivity index (χ1) is 13.6. The van der Waals surface area contributed by atoms with Crippen LogP contribution in [0.2, 0.25) is 0 Å². The van der Waals surface area contributed by atoms with Gasteiger partial charge in [-0.05, 0) is 30.6 Å². The number of carbonyl (C=O) groups is 1. The molecule has 1 aromatic carbocycles. The van der Waals surface area contributed by atoms with Gasteiger partial charge in [0.05, 0.1) is 46.1 Å². The molecule has 1 heterocycles. The number of aliphatic hydroxyl groups is 1. The molecule has 0 aliphatic heterocycles. The smallest absolute Gasteiger partial charge is 0.226 e. The molecule has 2 aromatic rings. The van der Waals surface area contributed by atoms with Gasteiger partial charge in [0.1, 0.15) is 5.01 Å². The van der Waals surface area contributed by atoms with Crippen LogP contribution in [-0.2, 0) is 11.2 Å². The Hall–Kier alpha value is -1.97. The van der Waals surface area contributed by atoms with Crippen molar-refractivity contribution in [3.8, 4) is 27.8 Å². The molecular weight excluding hydrogens is 400 g/mol. The highest BCUT2D eigenvalue weighted by Gasteiger charge is 2.17. The summed E-state index contributed by atoms with van der Waals surface area (Å²) in [6.45, 7) is -0.0694. The van der Waals surface area contributed by atoms with Crippen LogP contribution in [0.15, 0.2) is 17.5 Å². The number of thioether (sulfide) groups is 1. The number of ether oxygens (including phenoxy) is 3. The van der Waals surface area contributed by atoms with E-state index in [9.17, 15) is 9.90 Å². The topological polar surface area (TPSA) is 89.9 Å². The Balaban J connectivity index is 2.12. The minimum Gasteiger partial charge on any atom is -0.493 e. The fourth-order valence-corrected chi connectivity index (χ4v) is 3.97. The zero-order chi connectivity index (χ0) is 20.5. The highest BCUT2D eigenvalue weighted by atomic mass is 32.2. The average Bonchev–Trinajstić information content (AvgIpc) is 3.18. The van der Waals surface area contributed by atoms with Gasteiger partial charge in [0.15, 0.2) is 11.5 Å². The van der Waals surface area contributed by atoms with Gasteiger partial charge in [-0.3, -0.25) is 4.79 Å². The number of amides is 1. The van der Waals surface area contributed by atoms with E-state index in [0.717, 1.165) is 22.7 Å². The van der Waals surface area contributed by atoms with Crippen molar-refractivity contribution in [1.82, 2.24) is 10.3 Å². The number of thiazole rings is 1. The number of benzene rings is 1. The summed E-state index contributed by atoms with van der Waals surface area (Å²) in [5.74, 6) is 2.34. The zero-order valence-electron chi connectivity index (χ0n) is 16.5. The van der Waals surface area contributed by atoms with Crippen LogP contribution in [0.4, 0.5) is 0 Å². The predicted molar refractivity (Wildman–Crippen MR) is 113 cm³/mol. The minimum absolute atomic E-state index is 0.0694. The second kappa shape index (κ2) is 11.1. The monoisotopic (exact) mass is 426 g/mol. The summed E-state index contributed by atoms with van der Waals surface area (Å²) < 4.78 is 16.1. The Labute approximate surface area is 173 Å². The summed E-state index contributed by atoms with van der Waals surface area (Å²) in [7, 11) is 4.68. The summed E-state index contributed by atoms with van der Waals surface area (Å²) in [6, 6.07) is 3.43. The molecule has 7 nitrogen and oxygen atoms in total. The molecule has 0 aliphatic carbocycles. The van der Waals surface area contributed by atoms with Crippen LogP contribution in [0, 0.1) is 0 Å². The Morgan fingerprint density at radius 3 is 2.46 bits per heavy atom. The van der Waals surface area contributed by atoms with E-state index in [-0.39, 0.29) is 25.0 Å². The number of hydrogen-bond donors (Lipinski definition) is 2. The molecule has 0 unspecified atom stereocenters. The Kier molecular flexibility index (Phi) is 8.88. The number of methoxy groups -OCH3 is 3. The average molecular weight is 427 g/mol. The first-order valence-electron chi connectivity index (χ1n) is 8.70. The number of rotatable bonds is 11. The van der Waals surface area contributed by atoms with Gasteiger partial charge in [0.25, 0.3) is 0 Å². The third-order valence-corrected chi connectivity index (χ3v) is 5.65. The van der Waals surface area contributed by atoms with Gasteiger partial charge in [0.2, 0.25) is 11.7 Å². The maximum atomic E-state index is 12.3. The third kappa shape index (κ3) is 5.76. The molecule has 0 saturated heterocycles. The van der Waals surface area contributed by atoms with Crippen molar-refractivity contribution in [3.05, 3.63) is 23.2 Å². The summed E-state index contributed by atoms with van der Waals surface area (Å²) in [5.41, 5.74) is 1.49. The molecule has 1 aromatic heterocycles. The van der Waals surface area contributed by atoms with Gasteiger partial charge in [-0.1, -0.05) is 0 Å². The van der Waals surface area contributed by atoms with Crippen LogP contribution < -0.4 is 19.5 Å². The van der Waals surface area contributed by atoms with Gasteiger partial charge >= 0.3 is 0 Å². The molecule has 0 bridgehead atoms.